The van der Waals surface area contributed by atoms with Crippen molar-refractivity contribution in [3.63, 3.8) is 0 Å². The van der Waals surface area contributed by atoms with E-state index in [0.29, 0.717) is 5.75 Å². The number of nitro groups is 1. The summed E-state index contributed by atoms with van der Waals surface area (Å²) in [5.41, 5.74) is -0.405. The summed E-state index contributed by atoms with van der Waals surface area (Å²) in [5.74, 6) is 0.380. The fourth-order valence-corrected chi connectivity index (χ4v) is 2.63. The second-order valence-electron chi connectivity index (χ2n) is 4.22. The van der Waals surface area contributed by atoms with Gasteiger partial charge in [0, 0.05) is 16.8 Å². The molecule has 6 nitrogen and oxygen atoms in total. The topological polar surface area (TPSA) is 86.5 Å². The molecule has 0 bridgehead atoms. The van der Waals surface area contributed by atoms with Gasteiger partial charge in [-0.15, -0.1) is 0 Å². The molecule has 0 aliphatic carbocycles. The summed E-state index contributed by atoms with van der Waals surface area (Å²) in [6.45, 7) is 0. The lowest BCUT2D eigenvalue weighted by molar-refractivity contribution is -0.385. The first kappa shape index (κ1) is 15.5. The molecule has 21 heavy (non-hydrogen) atoms. The van der Waals surface area contributed by atoms with E-state index >= 15 is 0 Å². The Labute approximate surface area is 129 Å². The number of rotatable bonds is 4. The predicted molar refractivity (Wildman–Crippen MR) is 80.4 cm³/mol. The molecule has 0 saturated heterocycles. The van der Waals surface area contributed by atoms with Crippen LogP contribution in [0.4, 0.5) is 5.69 Å². The molecule has 110 valence electrons. The molecular weight excluding hydrogens is 362 g/mol. The van der Waals surface area contributed by atoms with Gasteiger partial charge in [-0.2, -0.15) is 0 Å². The van der Waals surface area contributed by atoms with Gasteiger partial charge in [0.1, 0.15) is 5.75 Å². The van der Waals surface area contributed by atoms with Crippen molar-refractivity contribution < 1.29 is 18.1 Å². The van der Waals surface area contributed by atoms with Crippen LogP contribution in [0.3, 0.4) is 0 Å². The van der Waals surface area contributed by atoms with Crippen molar-refractivity contribution in [2.45, 2.75) is 4.90 Å². The molecule has 2 aromatic carbocycles. The number of hydrogen-bond donors (Lipinski definition) is 0. The maximum Gasteiger partial charge on any atom is 0.312 e. The second kappa shape index (κ2) is 5.82. The van der Waals surface area contributed by atoms with E-state index in [-0.39, 0.29) is 10.6 Å². The van der Waals surface area contributed by atoms with E-state index in [1.165, 1.54) is 12.1 Å². The van der Waals surface area contributed by atoms with Crippen LogP contribution in [0, 0.1) is 10.1 Å². The number of halogens is 1. The Bertz CT molecular complexity index is 804. The van der Waals surface area contributed by atoms with E-state index in [1.54, 1.807) is 24.3 Å². The number of benzene rings is 2. The Morgan fingerprint density at radius 3 is 2.48 bits per heavy atom. The van der Waals surface area contributed by atoms with E-state index in [9.17, 15) is 18.5 Å². The van der Waals surface area contributed by atoms with Gasteiger partial charge in [-0.1, -0.05) is 22.0 Å². The lowest BCUT2D eigenvalue weighted by Gasteiger charge is -2.07. The number of hydrogen-bond acceptors (Lipinski definition) is 5. The molecule has 0 aliphatic rings. The zero-order chi connectivity index (χ0) is 15.6. The van der Waals surface area contributed by atoms with Crippen molar-refractivity contribution in [3.8, 4) is 11.5 Å². The number of sulfone groups is 1. The second-order valence-corrected chi connectivity index (χ2v) is 7.15. The van der Waals surface area contributed by atoms with Gasteiger partial charge in [-0.05, 0) is 30.3 Å². The average Bonchev–Trinajstić information content (AvgIpc) is 2.37. The lowest BCUT2D eigenvalue weighted by atomic mass is 10.3. The molecule has 0 unspecified atom stereocenters. The van der Waals surface area contributed by atoms with E-state index in [1.807, 2.05) is 0 Å². The number of nitro benzene ring substituents is 1. The number of ether oxygens (including phenoxy) is 1. The van der Waals surface area contributed by atoms with Crippen LogP contribution >= 0.6 is 15.9 Å². The Morgan fingerprint density at radius 1 is 1.19 bits per heavy atom. The highest BCUT2D eigenvalue weighted by molar-refractivity contribution is 9.10. The molecule has 2 aromatic rings. The van der Waals surface area contributed by atoms with Crippen molar-refractivity contribution in [1.29, 1.82) is 0 Å². The van der Waals surface area contributed by atoms with Crippen molar-refractivity contribution in [2.24, 2.45) is 0 Å². The quantitative estimate of drug-likeness (QED) is 0.605. The Hall–Kier alpha value is -1.93. The van der Waals surface area contributed by atoms with Crippen LogP contribution in [-0.2, 0) is 9.84 Å². The molecular formula is C13H10BrNO5S. The van der Waals surface area contributed by atoms with Crippen molar-refractivity contribution >= 4 is 31.5 Å². The van der Waals surface area contributed by atoms with Crippen LogP contribution in [0.5, 0.6) is 11.5 Å². The summed E-state index contributed by atoms with van der Waals surface area (Å²) < 4.78 is 29.1. The molecule has 0 atom stereocenters. The summed E-state index contributed by atoms with van der Waals surface area (Å²) >= 11 is 3.27. The molecule has 0 heterocycles. The van der Waals surface area contributed by atoms with Gasteiger partial charge in [-0.3, -0.25) is 10.1 Å². The standard InChI is InChI=1S/C13H10BrNO5S/c1-21(18,19)11-5-6-13(12(8-11)15(16)17)20-10-4-2-3-9(14)7-10/h2-8H,1H3. The molecule has 0 aromatic heterocycles. The SMILES string of the molecule is CS(=O)(=O)c1ccc(Oc2cccc(Br)c2)c([N+](=O)[O-])c1. The smallest absolute Gasteiger partial charge is 0.312 e. The first-order valence-corrected chi connectivity index (χ1v) is 8.38. The van der Waals surface area contributed by atoms with Crippen LogP contribution in [0.1, 0.15) is 0 Å². The highest BCUT2D eigenvalue weighted by atomic mass is 79.9. The highest BCUT2D eigenvalue weighted by Crippen LogP contribution is 2.34. The van der Waals surface area contributed by atoms with Gasteiger partial charge < -0.3 is 4.74 Å². The maximum atomic E-state index is 11.5. The van der Waals surface area contributed by atoms with Gasteiger partial charge >= 0.3 is 5.69 Å². The minimum atomic E-state index is -3.52. The minimum Gasteiger partial charge on any atom is -0.450 e. The van der Waals surface area contributed by atoms with Gasteiger partial charge in [0.25, 0.3) is 0 Å². The van der Waals surface area contributed by atoms with Crippen molar-refractivity contribution in [3.05, 3.63) is 57.1 Å². The summed E-state index contributed by atoms with van der Waals surface area (Å²) in [6.07, 6.45) is 0.987. The zero-order valence-corrected chi connectivity index (χ0v) is 13.2. The molecule has 0 saturated carbocycles. The monoisotopic (exact) mass is 371 g/mol. The lowest BCUT2D eigenvalue weighted by Crippen LogP contribution is -2.00. The van der Waals surface area contributed by atoms with Gasteiger partial charge in [0.15, 0.2) is 9.84 Å². The first-order valence-electron chi connectivity index (χ1n) is 5.69. The predicted octanol–water partition coefficient (Wildman–Crippen LogP) is 3.55. The number of nitrogens with zero attached hydrogens (tertiary/aromatic N) is 1. The third-order valence-corrected chi connectivity index (χ3v) is 4.18. The minimum absolute atomic E-state index is 0.0227. The van der Waals surface area contributed by atoms with E-state index in [4.69, 9.17) is 4.74 Å². The molecule has 0 radical (unpaired) electrons. The maximum absolute atomic E-state index is 11.5. The van der Waals surface area contributed by atoms with E-state index < -0.39 is 20.4 Å². The van der Waals surface area contributed by atoms with Gasteiger partial charge in [0.2, 0.25) is 5.75 Å². The third-order valence-electron chi connectivity index (χ3n) is 2.58. The van der Waals surface area contributed by atoms with E-state index in [2.05, 4.69) is 15.9 Å². The Morgan fingerprint density at radius 2 is 1.90 bits per heavy atom. The van der Waals surface area contributed by atoms with Crippen LogP contribution in [0.25, 0.3) is 0 Å². The van der Waals surface area contributed by atoms with Crippen LogP contribution in [-0.4, -0.2) is 19.6 Å². The van der Waals surface area contributed by atoms with Crippen molar-refractivity contribution in [2.75, 3.05) is 6.26 Å². The Balaban J connectivity index is 2.47. The largest absolute Gasteiger partial charge is 0.450 e. The molecule has 0 N–H and O–H groups in total. The molecule has 8 heteroatoms. The summed E-state index contributed by atoms with van der Waals surface area (Å²) in [5, 5.41) is 11.1. The van der Waals surface area contributed by atoms with E-state index in [0.717, 1.165) is 16.8 Å². The summed E-state index contributed by atoms with van der Waals surface area (Å²) in [6, 6.07) is 10.3. The summed E-state index contributed by atoms with van der Waals surface area (Å²) in [4.78, 5) is 10.3. The van der Waals surface area contributed by atoms with Crippen LogP contribution < -0.4 is 4.74 Å². The molecule has 0 spiro atoms. The molecule has 0 aliphatic heterocycles. The van der Waals surface area contributed by atoms with Gasteiger partial charge in [-0.25, -0.2) is 8.42 Å². The van der Waals surface area contributed by atoms with Crippen molar-refractivity contribution in [1.82, 2.24) is 0 Å². The van der Waals surface area contributed by atoms with Gasteiger partial charge in [0.05, 0.1) is 9.82 Å². The van der Waals surface area contributed by atoms with Crippen LogP contribution in [0.15, 0.2) is 51.8 Å². The molecule has 0 amide bonds. The Kier molecular flexibility index (Phi) is 4.29. The molecule has 2 rings (SSSR count). The average molecular weight is 372 g/mol. The first-order chi connectivity index (χ1) is 9.77. The van der Waals surface area contributed by atoms with Crippen LogP contribution in [0.2, 0.25) is 0 Å². The highest BCUT2D eigenvalue weighted by Gasteiger charge is 2.20. The third kappa shape index (κ3) is 3.79. The normalized spacial score (nSPS) is 11.1. The summed E-state index contributed by atoms with van der Waals surface area (Å²) in [7, 11) is -3.52. The zero-order valence-electron chi connectivity index (χ0n) is 10.8. The molecule has 0 fully saturated rings. The fraction of sp³-hybridized carbons (Fsp3) is 0.0769. The fourth-order valence-electron chi connectivity index (χ4n) is 1.61.